The van der Waals surface area contributed by atoms with Crippen molar-refractivity contribution in [2.75, 3.05) is 9.80 Å². The molecule has 0 aliphatic heterocycles. The van der Waals surface area contributed by atoms with E-state index < -0.39 is 0 Å². The van der Waals surface area contributed by atoms with Gasteiger partial charge in [0.15, 0.2) is 0 Å². The van der Waals surface area contributed by atoms with Crippen LogP contribution in [-0.2, 0) is 0 Å². The number of hydrogen-bond donors (Lipinski definition) is 0. The number of nitrogens with zero attached hydrogens (tertiary/aromatic N) is 2. The lowest BCUT2D eigenvalue weighted by Crippen LogP contribution is -2.15. The van der Waals surface area contributed by atoms with Crippen LogP contribution < -0.4 is 9.80 Å². The summed E-state index contributed by atoms with van der Waals surface area (Å²) in [5.74, 6) is -0.707. The summed E-state index contributed by atoms with van der Waals surface area (Å²) in [6.45, 7) is 0. The van der Waals surface area contributed by atoms with Gasteiger partial charge in [-0.3, -0.25) is 0 Å². The second-order valence-electron chi connectivity index (χ2n) is 21.8. The van der Waals surface area contributed by atoms with E-state index in [4.69, 9.17) is 0 Å². The van der Waals surface area contributed by atoms with Gasteiger partial charge in [0.2, 0.25) is 0 Å². The van der Waals surface area contributed by atoms with Gasteiger partial charge in [-0.15, -0.1) is 0 Å². The molecule has 0 N–H and O–H groups in total. The third-order valence-corrected chi connectivity index (χ3v) is 17.0. The van der Waals surface area contributed by atoms with Gasteiger partial charge in [-0.1, -0.05) is 231 Å². The Balaban J connectivity index is 0.958. The van der Waals surface area contributed by atoms with Gasteiger partial charge in [-0.25, -0.2) is 8.78 Å². The zero-order valence-electron chi connectivity index (χ0n) is 45.5. The maximum Gasteiger partial charge on any atom is 0.147 e. The molecule has 0 unspecified atom stereocenters. The highest BCUT2D eigenvalue weighted by molar-refractivity contribution is 6.28. The fourth-order valence-corrected chi connectivity index (χ4v) is 13.1. The number of hydrogen-bond acceptors (Lipinski definition) is 2. The van der Waals surface area contributed by atoms with Crippen molar-refractivity contribution in [1.29, 1.82) is 0 Å². The highest BCUT2D eigenvalue weighted by atomic mass is 19.1. The molecule has 394 valence electrons. The molecule has 0 atom stereocenters. The minimum atomic E-state index is -0.354. The summed E-state index contributed by atoms with van der Waals surface area (Å²) < 4.78 is 36.1. The molecule has 0 saturated carbocycles. The molecular weight excluding hydrogens is 1030 g/mol. The van der Waals surface area contributed by atoms with E-state index in [0.717, 1.165) is 143 Å². The fraction of sp³-hybridized carbons (Fsp3) is 0. The lowest BCUT2D eigenvalue weighted by Gasteiger charge is -2.32. The number of anilines is 6. The molecule has 0 amide bonds. The van der Waals surface area contributed by atoms with Gasteiger partial charge >= 0.3 is 0 Å². The van der Waals surface area contributed by atoms with Crippen molar-refractivity contribution in [1.82, 2.24) is 0 Å². The molecule has 0 radical (unpaired) electrons. The largest absolute Gasteiger partial charge is 0.307 e. The monoisotopic (exact) mass is 1080 g/mol. The van der Waals surface area contributed by atoms with E-state index in [1.807, 2.05) is 48.5 Å². The molecule has 2 nitrogen and oxygen atoms in total. The summed E-state index contributed by atoms with van der Waals surface area (Å²) in [4.78, 5) is 4.24. The van der Waals surface area contributed by atoms with Crippen LogP contribution in [0.5, 0.6) is 0 Å². The Kier molecular flexibility index (Phi) is 11.6. The van der Waals surface area contributed by atoms with E-state index in [2.05, 4.69) is 252 Å². The van der Waals surface area contributed by atoms with Gasteiger partial charge in [-0.05, 0) is 171 Å². The van der Waals surface area contributed by atoms with Crippen molar-refractivity contribution in [3.63, 3.8) is 0 Å². The standard InChI is InChI=1S/C80H50F2N2/c81-71-43-41-67(61-31-27-51-15-7-11-19-57(51)47-61)77(63-33-29-53-17-9-13-21-59(53)49-63)79(71)83(65-23-3-1-4-24-65)73-45-37-55-36-40-70-74(46-38-56-35-39-69(73)75(55)76(56)70)84(66-25-5-2-6-26-66)80-72(82)44-42-68(62-32-28-52-16-8-12-20-58(52)48-62)78(80)64-34-30-54-18-10-14-22-60(54)50-64/h1-50H. The fourth-order valence-electron chi connectivity index (χ4n) is 13.1. The zero-order valence-corrected chi connectivity index (χ0v) is 45.5. The molecule has 0 heterocycles. The van der Waals surface area contributed by atoms with Gasteiger partial charge < -0.3 is 9.80 Å². The average Bonchev–Trinajstić information content (AvgIpc) is 1.15. The van der Waals surface area contributed by atoms with E-state index in [1.54, 1.807) is 12.1 Å². The molecule has 0 bridgehead atoms. The highest BCUT2D eigenvalue weighted by Gasteiger charge is 2.30. The van der Waals surface area contributed by atoms with E-state index in [9.17, 15) is 0 Å². The van der Waals surface area contributed by atoms with Gasteiger partial charge in [0, 0.05) is 33.3 Å². The molecule has 4 heteroatoms. The lowest BCUT2D eigenvalue weighted by atomic mass is 9.88. The van der Waals surface area contributed by atoms with Gasteiger partial charge in [-0.2, -0.15) is 0 Å². The van der Waals surface area contributed by atoms with E-state index in [1.165, 1.54) is 0 Å². The van der Waals surface area contributed by atoms with E-state index in [0.29, 0.717) is 11.4 Å². The van der Waals surface area contributed by atoms with Crippen molar-refractivity contribution in [3.05, 3.63) is 315 Å². The Morgan fingerprint density at radius 2 is 0.524 bits per heavy atom. The summed E-state index contributed by atoms with van der Waals surface area (Å²) in [5.41, 5.74) is 11.3. The second kappa shape index (κ2) is 19.9. The minimum Gasteiger partial charge on any atom is -0.307 e. The van der Waals surface area contributed by atoms with Crippen molar-refractivity contribution >= 4 is 110 Å². The molecule has 0 aliphatic carbocycles. The summed E-state index contributed by atoms with van der Waals surface area (Å²) in [6, 6.07) is 104. The summed E-state index contributed by atoms with van der Waals surface area (Å²) >= 11 is 0. The Morgan fingerprint density at radius 1 is 0.226 bits per heavy atom. The van der Waals surface area contributed by atoms with Crippen LogP contribution in [-0.4, -0.2) is 0 Å². The molecule has 0 saturated heterocycles. The quantitative estimate of drug-likeness (QED) is 0.126. The molecule has 16 aromatic rings. The first-order valence-electron chi connectivity index (χ1n) is 28.5. The number of para-hydroxylation sites is 2. The topological polar surface area (TPSA) is 6.48 Å². The Hall–Kier alpha value is -10.9. The molecule has 0 aliphatic rings. The van der Waals surface area contributed by atoms with Gasteiger partial charge in [0.05, 0.1) is 22.7 Å². The summed E-state index contributed by atoms with van der Waals surface area (Å²) in [7, 11) is 0. The van der Waals surface area contributed by atoms with E-state index in [-0.39, 0.29) is 11.6 Å². The van der Waals surface area contributed by atoms with Crippen molar-refractivity contribution < 1.29 is 8.78 Å². The molecule has 16 aromatic carbocycles. The number of rotatable bonds is 10. The Morgan fingerprint density at radius 3 is 0.893 bits per heavy atom. The third kappa shape index (κ3) is 8.14. The van der Waals surface area contributed by atoms with Crippen LogP contribution >= 0.6 is 0 Å². The molecule has 0 spiro atoms. The maximum atomic E-state index is 18.1. The van der Waals surface area contributed by atoms with Crippen LogP contribution in [0.15, 0.2) is 303 Å². The van der Waals surface area contributed by atoms with E-state index >= 15 is 8.78 Å². The van der Waals surface area contributed by atoms with Gasteiger partial charge in [0.1, 0.15) is 11.6 Å². The van der Waals surface area contributed by atoms with Crippen LogP contribution in [0, 0.1) is 11.6 Å². The first-order chi connectivity index (χ1) is 41.5. The van der Waals surface area contributed by atoms with Crippen LogP contribution in [0.2, 0.25) is 0 Å². The number of fused-ring (bicyclic) bond motifs is 4. The maximum absolute atomic E-state index is 18.1. The molecule has 0 aromatic heterocycles. The summed E-state index contributed by atoms with van der Waals surface area (Å²) in [5, 5.41) is 14.8. The molecule has 84 heavy (non-hydrogen) atoms. The predicted octanol–water partition coefficient (Wildman–Crippen LogP) is 23.1. The number of benzene rings is 16. The zero-order chi connectivity index (χ0) is 55.8. The van der Waals surface area contributed by atoms with Crippen molar-refractivity contribution in [2.45, 2.75) is 0 Å². The highest BCUT2D eigenvalue weighted by Crippen LogP contribution is 2.54. The molecule has 0 fully saturated rings. The normalized spacial score (nSPS) is 11.7. The Bertz CT molecular complexity index is 4920. The van der Waals surface area contributed by atoms with Crippen LogP contribution in [0.25, 0.3) is 120 Å². The first kappa shape index (κ1) is 48.9. The molecular formula is C80H50F2N2. The Labute approximate surface area is 484 Å². The average molecular weight is 1080 g/mol. The smallest absolute Gasteiger partial charge is 0.147 e. The van der Waals surface area contributed by atoms with Crippen LogP contribution in [0.4, 0.5) is 42.9 Å². The van der Waals surface area contributed by atoms with Crippen molar-refractivity contribution in [2.24, 2.45) is 0 Å². The van der Waals surface area contributed by atoms with Crippen LogP contribution in [0.3, 0.4) is 0 Å². The SMILES string of the molecule is Fc1ccc(-c2ccc3ccccc3c2)c(-c2ccc3ccccc3c2)c1N(c1ccccc1)c1ccc2ccc3c(N(c4ccccc4)c4c(F)ccc(-c5ccc6ccccc6c5)c4-c4ccc5ccccc5c4)ccc4ccc1c2c43. The summed E-state index contributed by atoms with van der Waals surface area (Å²) in [6.07, 6.45) is 0. The minimum absolute atomic E-state index is 0.354. The lowest BCUT2D eigenvalue weighted by molar-refractivity contribution is 0.629. The second-order valence-corrected chi connectivity index (χ2v) is 21.8. The van der Waals surface area contributed by atoms with Gasteiger partial charge in [0.25, 0.3) is 0 Å². The van der Waals surface area contributed by atoms with Crippen molar-refractivity contribution in [3.8, 4) is 44.5 Å². The number of halogens is 2. The van der Waals surface area contributed by atoms with Crippen LogP contribution in [0.1, 0.15) is 0 Å². The first-order valence-corrected chi connectivity index (χ1v) is 28.5. The molecule has 16 rings (SSSR count). The third-order valence-electron chi connectivity index (χ3n) is 17.0. The predicted molar refractivity (Wildman–Crippen MR) is 351 cm³/mol.